The molecule has 8 heteroatoms. The molecule has 0 atom stereocenters. The molecule has 0 spiro atoms. The topological polar surface area (TPSA) is 61.4 Å². The largest absolute Gasteiger partial charge is 0.416 e. The van der Waals surface area contributed by atoms with Gasteiger partial charge in [-0.15, -0.1) is 0 Å². The predicted molar refractivity (Wildman–Crippen MR) is 109 cm³/mol. The highest BCUT2D eigenvalue weighted by Gasteiger charge is 2.31. The molecule has 0 radical (unpaired) electrons. The van der Waals surface area contributed by atoms with Gasteiger partial charge in [0.05, 0.1) is 12.1 Å². The van der Waals surface area contributed by atoms with Gasteiger partial charge in [-0.1, -0.05) is 12.1 Å². The summed E-state index contributed by atoms with van der Waals surface area (Å²) in [7, 11) is 0. The third-order valence-corrected chi connectivity index (χ3v) is 4.62. The quantitative estimate of drug-likeness (QED) is 0.727. The summed E-state index contributed by atoms with van der Waals surface area (Å²) in [5, 5.41) is 5.58. The van der Waals surface area contributed by atoms with Crippen LogP contribution in [0, 0.1) is 0 Å². The lowest BCUT2D eigenvalue weighted by atomic mass is 9.99. The monoisotopic (exact) mass is 419 g/mol. The van der Waals surface area contributed by atoms with Crippen molar-refractivity contribution in [1.29, 1.82) is 0 Å². The van der Waals surface area contributed by atoms with Gasteiger partial charge in [0.15, 0.2) is 0 Å². The summed E-state index contributed by atoms with van der Waals surface area (Å²) in [5.41, 5.74) is 1.36. The number of rotatable bonds is 3. The van der Waals surface area contributed by atoms with E-state index in [1.54, 1.807) is 24.3 Å². The van der Waals surface area contributed by atoms with E-state index in [1.165, 1.54) is 11.0 Å². The van der Waals surface area contributed by atoms with E-state index in [2.05, 4.69) is 10.6 Å². The van der Waals surface area contributed by atoms with Crippen LogP contribution < -0.4 is 15.5 Å². The van der Waals surface area contributed by atoms with E-state index in [-0.39, 0.29) is 30.4 Å². The molecule has 0 aliphatic carbocycles. The Hall–Kier alpha value is -3.03. The van der Waals surface area contributed by atoms with E-state index < -0.39 is 11.7 Å². The van der Waals surface area contributed by atoms with Gasteiger partial charge < -0.3 is 15.5 Å². The summed E-state index contributed by atoms with van der Waals surface area (Å²) in [5.74, 6) is -0.147. The van der Waals surface area contributed by atoms with Crippen LogP contribution in [0.25, 0.3) is 0 Å². The summed E-state index contributed by atoms with van der Waals surface area (Å²) in [6.45, 7) is 5.66. The Kier molecular flexibility index (Phi) is 5.78. The molecular formula is C22H24F3N3O2. The molecular weight excluding hydrogens is 395 g/mol. The molecule has 0 fully saturated rings. The normalized spacial score (nSPS) is 14.3. The van der Waals surface area contributed by atoms with Crippen molar-refractivity contribution in [3.05, 3.63) is 59.2 Å². The fourth-order valence-corrected chi connectivity index (χ4v) is 3.34. The molecule has 2 aromatic rings. The zero-order valence-corrected chi connectivity index (χ0v) is 17.1. The lowest BCUT2D eigenvalue weighted by Crippen LogP contribution is -2.43. The predicted octanol–water partition coefficient (Wildman–Crippen LogP) is 5.10. The van der Waals surface area contributed by atoms with Gasteiger partial charge in [0.2, 0.25) is 5.91 Å². The van der Waals surface area contributed by atoms with Gasteiger partial charge in [-0.05, 0) is 68.7 Å². The molecule has 1 aliphatic rings. The Morgan fingerprint density at radius 3 is 2.47 bits per heavy atom. The van der Waals surface area contributed by atoms with E-state index in [9.17, 15) is 22.8 Å². The molecule has 1 heterocycles. The van der Waals surface area contributed by atoms with Crippen LogP contribution in [0.5, 0.6) is 0 Å². The average molecular weight is 419 g/mol. The molecule has 0 bridgehead atoms. The highest BCUT2D eigenvalue weighted by molar-refractivity contribution is 5.97. The number of urea groups is 1. The van der Waals surface area contributed by atoms with Gasteiger partial charge >= 0.3 is 12.2 Å². The molecule has 0 aromatic heterocycles. The number of hydrogen-bond acceptors (Lipinski definition) is 2. The molecule has 160 valence electrons. The maximum Gasteiger partial charge on any atom is 0.416 e. The number of hydrogen-bond donors (Lipinski definition) is 2. The van der Waals surface area contributed by atoms with E-state index in [4.69, 9.17) is 0 Å². The number of amides is 3. The first kappa shape index (κ1) is 21.7. The number of carbonyl (C=O) groups is 2. The average Bonchev–Trinajstić information content (AvgIpc) is 2.62. The van der Waals surface area contributed by atoms with Gasteiger partial charge in [-0.25, -0.2) is 4.79 Å². The van der Waals surface area contributed by atoms with Crippen molar-refractivity contribution in [2.24, 2.45) is 0 Å². The van der Waals surface area contributed by atoms with Crippen molar-refractivity contribution in [3.8, 4) is 0 Å². The maximum absolute atomic E-state index is 13.0. The summed E-state index contributed by atoms with van der Waals surface area (Å²) < 4.78 is 39.0. The Morgan fingerprint density at radius 1 is 1.07 bits per heavy atom. The van der Waals surface area contributed by atoms with Gasteiger partial charge in [-0.3, -0.25) is 4.79 Å². The van der Waals surface area contributed by atoms with E-state index in [0.29, 0.717) is 23.4 Å². The van der Waals surface area contributed by atoms with Crippen molar-refractivity contribution in [2.75, 3.05) is 10.2 Å². The van der Waals surface area contributed by atoms with Crippen LogP contribution in [0.4, 0.5) is 29.3 Å². The molecule has 0 unspecified atom stereocenters. The molecule has 2 aromatic carbocycles. The van der Waals surface area contributed by atoms with Gasteiger partial charge in [0.25, 0.3) is 0 Å². The minimum absolute atomic E-state index is 0.0486. The third-order valence-electron chi connectivity index (χ3n) is 4.62. The minimum atomic E-state index is -4.44. The molecule has 1 aliphatic heterocycles. The Labute approximate surface area is 173 Å². The molecule has 0 saturated heterocycles. The second-order valence-electron chi connectivity index (χ2n) is 8.35. The SMILES string of the molecule is CC(C)(C)NC(=O)Nc1ccc2c(c1)CCC(=O)N2Cc1cccc(C(F)(F)F)c1. The smallest absolute Gasteiger partial charge is 0.333 e. The van der Waals surface area contributed by atoms with Gasteiger partial charge in [-0.2, -0.15) is 13.2 Å². The van der Waals surface area contributed by atoms with Crippen LogP contribution in [0.15, 0.2) is 42.5 Å². The first-order valence-corrected chi connectivity index (χ1v) is 9.61. The summed E-state index contributed by atoms with van der Waals surface area (Å²) in [6, 6.07) is 9.84. The van der Waals surface area contributed by atoms with Crippen LogP contribution in [0.3, 0.4) is 0 Å². The standard InChI is InChI=1S/C22H24F3N3O2/c1-21(2,3)27-20(30)26-17-8-9-18-15(12-17)7-10-19(29)28(18)13-14-5-4-6-16(11-14)22(23,24)25/h4-6,8-9,11-12H,7,10,13H2,1-3H3,(H2,26,27,30). The number of benzene rings is 2. The Balaban J connectivity index is 1.81. The van der Waals surface area contributed by atoms with Crippen molar-refractivity contribution < 1.29 is 22.8 Å². The molecule has 30 heavy (non-hydrogen) atoms. The zero-order valence-electron chi connectivity index (χ0n) is 17.1. The highest BCUT2D eigenvalue weighted by atomic mass is 19.4. The minimum Gasteiger partial charge on any atom is -0.333 e. The fraction of sp³-hybridized carbons (Fsp3) is 0.364. The first-order chi connectivity index (χ1) is 13.9. The molecule has 2 N–H and O–H groups in total. The Morgan fingerprint density at radius 2 is 1.80 bits per heavy atom. The first-order valence-electron chi connectivity index (χ1n) is 9.61. The fourth-order valence-electron chi connectivity index (χ4n) is 3.34. The van der Waals surface area contributed by atoms with Gasteiger partial charge in [0.1, 0.15) is 0 Å². The summed E-state index contributed by atoms with van der Waals surface area (Å²) >= 11 is 0. The number of carbonyl (C=O) groups excluding carboxylic acids is 2. The number of halogens is 3. The van der Waals surface area contributed by atoms with Crippen LogP contribution in [-0.4, -0.2) is 17.5 Å². The number of anilines is 2. The lowest BCUT2D eigenvalue weighted by Gasteiger charge is -2.30. The second kappa shape index (κ2) is 8.01. The van der Waals surface area contributed by atoms with Crippen molar-refractivity contribution in [2.45, 2.75) is 51.9 Å². The van der Waals surface area contributed by atoms with E-state index in [0.717, 1.165) is 17.7 Å². The van der Waals surface area contributed by atoms with Crippen molar-refractivity contribution in [1.82, 2.24) is 5.32 Å². The zero-order chi connectivity index (χ0) is 22.1. The van der Waals surface area contributed by atoms with Crippen molar-refractivity contribution in [3.63, 3.8) is 0 Å². The highest BCUT2D eigenvalue weighted by Crippen LogP contribution is 2.33. The van der Waals surface area contributed by atoms with Crippen LogP contribution >= 0.6 is 0 Å². The van der Waals surface area contributed by atoms with Crippen molar-refractivity contribution >= 4 is 23.3 Å². The summed E-state index contributed by atoms with van der Waals surface area (Å²) in [4.78, 5) is 26.1. The lowest BCUT2D eigenvalue weighted by molar-refractivity contribution is -0.137. The van der Waals surface area contributed by atoms with Gasteiger partial charge in [0, 0.05) is 23.3 Å². The number of nitrogens with one attached hydrogen (secondary N) is 2. The molecule has 3 rings (SSSR count). The second-order valence-corrected chi connectivity index (χ2v) is 8.35. The molecule has 0 saturated carbocycles. The number of aryl methyl sites for hydroxylation is 1. The van der Waals surface area contributed by atoms with Crippen LogP contribution in [-0.2, 0) is 23.9 Å². The van der Waals surface area contributed by atoms with E-state index >= 15 is 0 Å². The molecule has 5 nitrogen and oxygen atoms in total. The molecule has 3 amide bonds. The number of fused-ring (bicyclic) bond motifs is 1. The third kappa shape index (κ3) is 5.31. The summed E-state index contributed by atoms with van der Waals surface area (Å²) in [6.07, 6.45) is -3.68. The van der Waals surface area contributed by atoms with Crippen LogP contribution in [0.1, 0.15) is 43.9 Å². The maximum atomic E-state index is 13.0. The number of nitrogens with zero attached hydrogens (tertiary/aromatic N) is 1. The van der Waals surface area contributed by atoms with Crippen LogP contribution in [0.2, 0.25) is 0 Å². The van der Waals surface area contributed by atoms with E-state index in [1.807, 2.05) is 20.8 Å². The number of alkyl halides is 3. The Bertz CT molecular complexity index is 965.